The van der Waals surface area contributed by atoms with Gasteiger partial charge in [-0.05, 0) is 57.1 Å². The molecule has 2 amide bonds. The van der Waals surface area contributed by atoms with Crippen LogP contribution in [0.2, 0.25) is 0 Å². The number of ether oxygens (including phenoxy) is 2. The van der Waals surface area contributed by atoms with E-state index in [-0.39, 0.29) is 38.1 Å². The van der Waals surface area contributed by atoms with Crippen molar-refractivity contribution < 1.29 is 29.0 Å². The predicted molar refractivity (Wildman–Crippen MR) is 144 cm³/mol. The molecule has 206 valence electrons. The molecule has 3 heterocycles. The number of aryl methyl sites for hydroxylation is 2. The molecule has 38 heavy (non-hydrogen) atoms. The summed E-state index contributed by atoms with van der Waals surface area (Å²) in [6.07, 6.45) is 5.77. The maximum atomic E-state index is 14.6. The molecule has 2 bridgehead atoms. The summed E-state index contributed by atoms with van der Waals surface area (Å²) in [7, 11) is 0. The number of likely N-dealkylation sites (tertiary alicyclic amines) is 1. The highest BCUT2D eigenvalue weighted by atomic mass is 16.6. The summed E-state index contributed by atoms with van der Waals surface area (Å²) < 4.78 is 12.4. The number of aliphatic hydroxyl groups is 1. The summed E-state index contributed by atoms with van der Waals surface area (Å²) >= 11 is 0. The first-order valence-corrected chi connectivity index (χ1v) is 13.6. The van der Waals surface area contributed by atoms with Crippen LogP contribution in [0.5, 0.6) is 0 Å². The molecule has 0 saturated carbocycles. The maximum Gasteiger partial charge on any atom is 0.312 e. The zero-order valence-corrected chi connectivity index (χ0v) is 22.8. The van der Waals surface area contributed by atoms with Crippen LogP contribution in [0.3, 0.4) is 0 Å². The van der Waals surface area contributed by atoms with Crippen molar-refractivity contribution in [3.05, 3.63) is 54.6 Å². The van der Waals surface area contributed by atoms with Gasteiger partial charge in [-0.15, -0.1) is 13.2 Å². The molecular formula is C30H40N2O6. The Morgan fingerprint density at radius 1 is 1.24 bits per heavy atom. The summed E-state index contributed by atoms with van der Waals surface area (Å²) in [4.78, 5) is 45.4. The normalized spacial score (nSPS) is 29.3. The average molecular weight is 525 g/mol. The Labute approximate surface area is 225 Å². The summed E-state index contributed by atoms with van der Waals surface area (Å²) in [5.74, 6) is -2.60. The fraction of sp³-hybridized carbons (Fsp3) is 0.567. The fourth-order valence-corrected chi connectivity index (χ4v) is 6.97. The van der Waals surface area contributed by atoms with Crippen LogP contribution in [0.1, 0.15) is 50.2 Å². The number of carbonyl (C=O) groups is 3. The lowest BCUT2D eigenvalue weighted by Gasteiger charge is -2.37. The van der Waals surface area contributed by atoms with Gasteiger partial charge in [-0.25, -0.2) is 0 Å². The van der Waals surface area contributed by atoms with Crippen LogP contribution in [0.25, 0.3) is 0 Å². The van der Waals surface area contributed by atoms with Gasteiger partial charge in [-0.3, -0.25) is 14.4 Å². The minimum absolute atomic E-state index is 0.123. The highest BCUT2D eigenvalue weighted by Gasteiger charge is 2.79. The van der Waals surface area contributed by atoms with Gasteiger partial charge in [-0.2, -0.15) is 0 Å². The molecule has 0 radical (unpaired) electrons. The number of nitrogens with zero attached hydrogens (tertiary/aromatic N) is 2. The molecule has 1 N–H and O–H groups in total. The van der Waals surface area contributed by atoms with E-state index in [0.29, 0.717) is 32.1 Å². The molecule has 8 nitrogen and oxygen atoms in total. The Bertz CT molecular complexity index is 1100. The highest BCUT2D eigenvalue weighted by Crippen LogP contribution is 2.64. The summed E-state index contributed by atoms with van der Waals surface area (Å²) in [6.45, 7) is 13.9. The Hall–Kier alpha value is -2.97. The van der Waals surface area contributed by atoms with Crippen molar-refractivity contribution in [1.29, 1.82) is 0 Å². The summed E-state index contributed by atoms with van der Waals surface area (Å²) in [5, 5.41) is 9.59. The number of anilines is 1. The van der Waals surface area contributed by atoms with Gasteiger partial charge in [0.15, 0.2) is 0 Å². The number of hydrogen-bond donors (Lipinski definition) is 1. The number of carbonyl (C=O) groups excluding carboxylic acids is 3. The molecule has 3 aliphatic rings. The summed E-state index contributed by atoms with van der Waals surface area (Å²) in [5.41, 5.74) is 0.661. The number of para-hydroxylation sites is 1. The second kappa shape index (κ2) is 11.0. The summed E-state index contributed by atoms with van der Waals surface area (Å²) in [6, 6.07) is 4.93. The first-order valence-electron chi connectivity index (χ1n) is 13.6. The van der Waals surface area contributed by atoms with Crippen molar-refractivity contribution in [2.24, 2.45) is 11.8 Å². The zero-order valence-electron chi connectivity index (χ0n) is 22.8. The van der Waals surface area contributed by atoms with Crippen LogP contribution in [0, 0.1) is 25.7 Å². The van der Waals surface area contributed by atoms with E-state index in [9.17, 15) is 19.5 Å². The van der Waals surface area contributed by atoms with Gasteiger partial charge in [0.2, 0.25) is 5.91 Å². The van der Waals surface area contributed by atoms with Gasteiger partial charge in [0.05, 0.1) is 18.1 Å². The molecule has 1 aromatic carbocycles. The maximum absolute atomic E-state index is 14.6. The molecule has 2 unspecified atom stereocenters. The third kappa shape index (κ3) is 4.28. The molecule has 1 aromatic rings. The van der Waals surface area contributed by atoms with Crippen LogP contribution in [-0.2, 0) is 23.9 Å². The van der Waals surface area contributed by atoms with Crippen LogP contribution in [0.15, 0.2) is 43.5 Å². The average Bonchev–Trinajstić information content (AvgIpc) is 3.50. The molecule has 0 aliphatic carbocycles. The first kappa shape index (κ1) is 28.0. The highest BCUT2D eigenvalue weighted by molar-refractivity contribution is 6.05. The largest absolute Gasteiger partial charge is 0.465 e. The Kier molecular flexibility index (Phi) is 8.14. The predicted octanol–water partition coefficient (Wildman–Crippen LogP) is 3.48. The van der Waals surface area contributed by atoms with E-state index in [2.05, 4.69) is 13.2 Å². The van der Waals surface area contributed by atoms with E-state index in [1.54, 1.807) is 22.0 Å². The number of esters is 1. The van der Waals surface area contributed by atoms with Crippen molar-refractivity contribution >= 4 is 23.5 Å². The van der Waals surface area contributed by atoms with E-state index in [4.69, 9.17) is 9.47 Å². The molecular weight excluding hydrogens is 484 g/mol. The van der Waals surface area contributed by atoms with E-state index in [0.717, 1.165) is 16.8 Å². The van der Waals surface area contributed by atoms with Crippen LogP contribution in [0.4, 0.5) is 5.69 Å². The van der Waals surface area contributed by atoms with Crippen molar-refractivity contribution in [3.8, 4) is 0 Å². The van der Waals surface area contributed by atoms with Crippen molar-refractivity contribution in [2.45, 2.75) is 70.1 Å². The van der Waals surface area contributed by atoms with Gasteiger partial charge in [0.1, 0.15) is 17.6 Å². The van der Waals surface area contributed by atoms with E-state index >= 15 is 0 Å². The van der Waals surface area contributed by atoms with Crippen molar-refractivity contribution in [3.63, 3.8) is 0 Å². The van der Waals surface area contributed by atoms with Crippen molar-refractivity contribution in [2.75, 3.05) is 31.2 Å². The second-order valence-electron chi connectivity index (χ2n) is 10.7. The van der Waals surface area contributed by atoms with Crippen LogP contribution >= 0.6 is 0 Å². The Balaban J connectivity index is 1.81. The molecule has 1 spiro atoms. The Morgan fingerprint density at radius 3 is 2.55 bits per heavy atom. The standard InChI is InChI=1S/C30H40N2O6/c1-6-9-19-37-28(36)23-22-26(34)32(17-11-18-33)25(30(22)15-14-29(23,8-3)38-30)27(35)31(16-7-2)24-20(4)12-10-13-21(24)5/h6-7,10,12-13,22-23,25,33H,1-2,8-9,11,14-19H2,3-5H3/t22-,23+,25?,29-,30?/m0/s1. The van der Waals surface area contributed by atoms with Crippen molar-refractivity contribution in [1.82, 2.24) is 4.90 Å². The van der Waals surface area contributed by atoms with Gasteiger partial charge >= 0.3 is 5.97 Å². The van der Waals surface area contributed by atoms with Gasteiger partial charge in [-0.1, -0.05) is 37.3 Å². The number of rotatable bonds is 12. The monoisotopic (exact) mass is 524 g/mol. The second-order valence-corrected chi connectivity index (χ2v) is 10.7. The molecule has 5 atom stereocenters. The fourth-order valence-electron chi connectivity index (χ4n) is 6.97. The zero-order chi connectivity index (χ0) is 27.7. The third-order valence-corrected chi connectivity index (χ3v) is 8.58. The first-order chi connectivity index (χ1) is 18.2. The smallest absolute Gasteiger partial charge is 0.312 e. The van der Waals surface area contributed by atoms with E-state index < -0.39 is 35.0 Å². The number of benzene rings is 1. The topological polar surface area (TPSA) is 96.4 Å². The van der Waals surface area contributed by atoms with Gasteiger partial charge in [0, 0.05) is 25.4 Å². The van der Waals surface area contributed by atoms with Gasteiger partial charge in [0.25, 0.3) is 5.91 Å². The molecule has 3 saturated heterocycles. The molecule has 3 aliphatic heterocycles. The SMILES string of the molecule is C=CCCOC(=O)[C@H]1[C@H]2C(=O)N(CCCO)C(C(=O)N(CC=C)c3c(C)cccc3C)C23CC[C@]1(CC)O3. The third-order valence-electron chi connectivity index (χ3n) is 8.58. The quantitative estimate of drug-likeness (QED) is 0.256. The molecule has 3 fully saturated rings. The number of amides is 2. The van der Waals surface area contributed by atoms with Crippen LogP contribution < -0.4 is 4.90 Å². The van der Waals surface area contributed by atoms with Gasteiger partial charge < -0.3 is 24.4 Å². The lowest BCUT2D eigenvalue weighted by molar-refractivity contribution is -0.160. The van der Waals surface area contributed by atoms with Crippen LogP contribution in [-0.4, -0.2) is 71.3 Å². The Morgan fingerprint density at radius 2 is 1.95 bits per heavy atom. The van der Waals surface area contributed by atoms with E-state index in [1.807, 2.05) is 39.0 Å². The number of fused-ring (bicyclic) bond motifs is 1. The van der Waals surface area contributed by atoms with E-state index in [1.165, 1.54) is 0 Å². The minimum atomic E-state index is -1.14. The lowest BCUT2D eigenvalue weighted by Crippen LogP contribution is -2.56. The molecule has 0 aromatic heterocycles. The molecule has 4 rings (SSSR count). The number of hydrogen-bond acceptors (Lipinski definition) is 6. The lowest BCUT2D eigenvalue weighted by atomic mass is 9.65. The molecule has 8 heteroatoms. The number of aliphatic hydroxyl groups excluding tert-OH is 1. The minimum Gasteiger partial charge on any atom is -0.465 e.